The molecule has 5 heteroatoms. The zero-order valence-corrected chi connectivity index (χ0v) is 14.1. The Kier molecular flexibility index (Phi) is 4.48. The number of nitrogens with zero attached hydrogens (tertiary/aromatic N) is 2. The van der Waals surface area contributed by atoms with Crippen LogP contribution in [-0.4, -0.2) is 42.8 Å². The first-order valence-electron chi connectivity index (χ1n) is 8.61. The van der Waals surface area contributed by atoms with Gasteiger partial charge in [0.25, 0.3) is 0 Å². The summed E-state index contributed by atoms with van der Waals surface area (Å²) < 4.78 is 11.7. The van der Waals surface area contributed by atoms with E-state index in [9.17, 15) is 5.11 Å². The van der Waals surface area contributed by atoms with E-state index in [4.69, 9.17) is 9.47 Å². The minimum atomic E-state index is 0.0744. The molecule has 1 fully saturated rings. The molecule has 0 atom stereocenters. The highest BCUT2D eigenvalue weighted by molar-refractivity contribution is 5.53. The van der Waals surface area contributed by atoms with Crippen LogP contribution in [0.15, 0.2) is 60.5 Å². The predicted molar refractivity (Wildman–Crippen MR) is 96.8 cm³/mol. The molecular weight excluding hydrogens is 316 g/mol. The van der Waals surface area contributed by atoms with Crippen LogP contribution in [0.2, 0.25) is 0 Å². The van der Waals surface area contributed by atoms with Crippen LogP contribution >= 0.6 is 0 Å². The molecule has 0 aromatic heterocycles. The van der Waals surface area contributed by atoms with Gasteiger partial charge >= 0.3 is 0 Å². The summed E-state index contributed by atoms with van der Waals surface area (Å²) in [6.45, 7) is 4.19. The van der Waals surface area contributed by atoms with Crippen molar-refractivity contribution in [2.24, 2.45) is 0 Å². The minimum absolute atomic E-state index is 0.0744. The lowest BCUT2D eigenvalue weighted by atomic mass is 10.1. The minimum Gasteiger partial charge on any atom is -0.482 e. The first kappa shape index (κ1) is 15.8. The Bertz CT molecular complexity index is 767. The Labute approximate surface area is 147 Å². The van der Waals surface area contributed by atoms with Crippen molar-refractivity contribution in [3.8, 4) is 11.5 Å². The number of aliphatic hydroxyl groups excluding tert-OH is 1. The first-order valence-corrected chi connectivity index (χ1v) is 8.61. The molecule has 0 radical (unpaired) electrons. The largest absolute Gasteiger partial charge is 0.482 e. The maximum Gasteiger partial charge on any atom is 0.169 e. The van der Waals surface area contributed by atoms with Crippen LogP contribution < -0.4 is 14.4 Å². The number of para-hydroxylation sites is 3. The van der Waals surface area contributed by atoms with Crippen molar-refractivity contribution in [2.45, 2.75) is 6.61 Å². The van der Waals surface area contributed by atoms with Crippen LogP contribution in [0.1, 0.15) is 5.56 Å². The third-order valence-corrected chi connectivity index (χ3v) is 4.60. The number of anilines is 1. The lowest BCUT2D eigenvalue weighted by Gasteiger charge is -2.37. The van der Waals surface area contributed by atoms with Crippen molar-refractivity contribution in [1.82, 2.24) is 4.90 Å². The summed E-state index contributed by atoms with van der Waals surface area (Å²) in [6, 6.07) is 15.8. The number of benzene rings is 2. The Morgan fingerprint density at radius 2 is 1.64 bits per heavy atom. The Hall–Kier alpha value is -2.66. The number of ether oxygens (including phenoxy) is 2. The van der Waals surface area contributed by atoms with Gasteiger partial charge in [-0.3, -0.25) is 0 Å². The number of aliphatic hydroxyl groups is 1. The van der Waals surface area contributed by atoms with Crippen LogP contribution in [0.25, 0.3) is 0 Å². The zero-order chi connectivity index (χ0) is 17.1. The maximum atomic E-state index is 9.52. The molecular formula is C20H22N2O3. The number of piperazine rings is 1. The van der Waals surface area contributed by atoms with E-state index >= 15 is 0 Å². The number of hydrogen-bond donors (Lipinski definition) is 1. The van der Waals surface area contributed by atoms with E-state index in [0.29, 0.717) is 6.61 Å². The lowest BCUT2D eigenvalue weighted by molar-refractivity contribution is 0.220. The van der Waals surface area contributed by atoms with Gasteiger partial charge in [0.05, 0.1) is 6.61 Å². The molecule has 0 saturated carbocycles. The highest BCUT2D eigenvalue weighted by Crippen LogP contribution is 2.32. The van der Waals surface area contributed by atoms with Gasteiger partial charge in [-0.2, -0.15) is 0 Å². The highest BCUT2D eigenvalue weighted by atomic mass is 16.6. The quantitative estimate of drug-likeness (QED) is 0.932. The summed E-state index contributed by atoms with van der Waals surface area (Å²) in [5.74, 6) is 2.41. The molecule has 2 aromatic carbocycles. The monoisotopic (exact) mass is 338 g/mol. The summed E-state index contributed by atoms with van der Waals surface area (Å²) in [5.41, 5.74) is 2.11. The fourth-order valence-corrected chi connectivity index (χ4v) is 3.29. The van der Waals surface area contributed by atoms with Gasteiger partial charge in [-0.25, -0.2) is 0 Å². The van der Waals surface area contributed by atoms with Crippen molar-refractivity contribution >= 4 is 5.69 Å². The van der Waals surface area contributed by atoms with E-state index in [0.717, 1.165) is 54.7 Å². The molecule has 130 valence electrons. The van der Waals surface area contributed by atoms with Crippen molar-refractivity contribution in [2.75, 3.05) is 37.7 Å². The van der Waals surface area contributed by atoms with E-state index in [1.54, 1.807) is 0 Å². The van der Waals surface area contributed by atoms with Gasteiger partial charge in [-0.1, -0.05) is 30.3 Å². The van der Waals surface area contributed by atoms with Crippen molar-refractivity contribution in [3.63, 3.8) is 0 Å². The second-order valence-corrected chi connectivity index (χ2v) is 6.24. The average Bonchev–Trinajstić information content (AvgIpc) is 2.68. The van der Waals surface area contributed by atoms with Gasteiger partial charge in [0, 0.05) is 43.6 Å². The molecule has 2 aliphatic rings. The first-order chi connectivity index (χ1) is 12.3. The average molecular weight is 338 g/mol. The van der Waals surface area contributed by atoms with Gasteiger partial charge < -0.3 is 24.4 Å². The molecule has 0 bridgehead atoms. The van der Waals surface area contributed by atoms with Gasteiger partial charge in [-0.15, -0.1) is 0 Å². The van der Waals surface area contributed by atoms with E-state index in [-0.39, 0.29) is 6.61 Å². The van der Waals surface area contributed by atoms with Crippen LogP contribution in [0.4, 0.5) is 5.69 Å². The van der Waals surface area contributed by atoms with Gasteiger partial charge in [0.1, 0.15) is 6.61 Å². The number of rotatable bonds is 3. The molecule has 1 N–H and O–H groups in total. The molecule has 2 heterocycles. The third-order valence-electron chi connectivity index (χ3n) is 4.60. The lowest BCUT2D eigenvalue weighted by Crippen LogP contribution is -2.44. The smallest absolute Gasteiger partial charge is 0.169 e. The predicted octanol–water partition coefficient (Wildman–Crippen LogP) is 2.61. The van der Waals surface area contributed by atoms with Crippen molar-refractivity contribution in [1.29, 1.82) is 0 Å². The second kappa shape index (κ2) is 7.07. The molecule has 2 aromatic rings. The van der Waals surface area contributed by atoms with Crippen LogP contribution in [0.5, 0.6) is 11.5 Å². The van der Waals surface area contributed by atoms with Crippen molar-refractivity contribution < 1.29 is 14.6 Å². The molecule has 0 spiro atoms. The molecule has 1 saturated heterocycles. The molecule has 0 aliphatic carbocycles. The molecule has 0 amide bonds. The second-order valence-electron chi connectivity index (χ2n) is 6.24. The summed E-state index contributed by atoms with van der Waals surface area (Å²) in [7, 11) is 0. The van der Waals surface area contributed by atoms with Crippen molar-refractivity contribution in [3.05, 3.63) is 66.1 Å². The Morgan fingerprint density at radius 1 is 0.920 bits per heavy atom. The summed E-state index contributed by atoms with van der Waals surface area (Å²) in [4.78, 5) is 4.60. The SMILES string of the molecule is OCc1ccccc1N1CCN(/C=C2/COc3ccccc3O2)CC1. The van der Waals surface area contributed by atoms with E-state index in [1.807, 2.05) is 42.5 Å². The fourth-order valence-electron chi connectivity index (χ4n) is 3.29. The van der Waals surface area contributed by atoms with E-state index in [2.05, 4.69) is 22.1 Å². The molecule has 0 unspecified atom stereocenters. The fraction of sp³-hybridized carbons (Fsp3) is 0.300. The summed E-state index contributed by atoms with van der Waals surface area (Å²) >= 11 is 0. The van der Waals surface area contributed by atoms with Crippen LogP contribution in [0, 0.1) is 0 Å². The van der Waals surface area contributed by atoms with Crippen LogP contribution in [-0.2, 0) is 6.61 Å². The number of fused-ring (bicyclic) bond motifs is 1. The standard InChI is InChI=1S/C20H22N2O3/c23-14-16-5-1-2-6-18(16)22-11-9-21(10-12-22)13-17-15-24-19-7-3-4-8-20(19)25-17/h1-8,13,23H,9-12,14-15H2/b17-13-. The maximum absolute atomic E-state index is 9.52. The van der Waals surface area contributed by atoms with Gasteiger partial charge in [0.15, 0.2) is 17.3 Å². The van der Waals surface area contributed by atoms with E-state index in [1.165, 1.54) is 0 Å². The zero-order valence-electron chi connectivity index (χ0n) is 14.1. The van der Waals surface area contributed by atoms with Gasteiger partial charge in [0.2, 0.25) is 0 Å². The molecule has 2 aliphatic heterocycles. The Balaban J connectivity index is 1.39. The van der Waals surface area contributed by atoms with E-state index < -0.39 is 0 Å². The molecule has 4 rings (SSSR count). The normalized spacial score (nSPS) is 18.5. The Morgan fingerprint density at radius 3 is 2.44 bits per heavy atom. The number of hydrogen-bond acceptors (Lipinski definition) is 5. The van der Waals surface area contributed by atoms with Gasteiger partial charge in [-0.05, 0) is 18.2 Å². The van der Waals surface area contributed by atoms with Crippen LogP contribution in [0.3, 0.4) is 0 Å². The summed E-state index contributed by atoms with van der Waals surface area (Å²) in [6.07, 6.45) is 2.06. The molecule has 25 heavy (non-hydrogen) atoms. The molecule has 5 nitrogen and oxygen atoms in total. The highest BCUT2D eigenvalue weighted by Gasteiger charge is 2.20. The summed E-state index contributed by atoms with van der Waals surface area (Å²) in [5, 5.41) is 9.52. The topological polar surface area (TPSA) is 45.2 Å². The third kappa shape index (κ3) is 3.42.